The maximum Gasteiger partial charge on any atom is 0.325 e. The first kappa shape index (κ1) is 18.6. The average molecular weight is 389 g/mol. The average Bonchev–Trinajstić information content (AvgIpc) is 3.17. The summed E-state index contributed by atoms with van der Waals surface area (Å²) in [5.74, 6) is 0. The van der Waals surface area contributed by atoms with E-state index < -0.39 is 11.2 Å². The highest BCUT2D eigenvalue weighted by Crippen LogP contribution is 2.25. The summed E-state index contributed by atoms with van der Waals surface area (Å²) in [6, 6.07) is 11.6. The van der Waals surface area contributed by atoms with Crippen LogP contribution in [0.4, 0.5) is 0 Å². The molecule has 0 aliphatic carbocycles. The predicted molar refractivity (Wildman–Crippen MR) is 108 cm³/mol. The third-order valence-electron chi connectivity index (χ3n) is 4.67. The van der Waals surface area contributed by atoms with Crippen molar-refractivity contribution in [3.8, 4) is 22.4 Å². The van der Waals surface area contributed by atoms with E-state index in [1.165, 1.54) is 6.20 Å². The van der Waals surface area contributed by atoms with Gasteiger partial charge in [-0.05, 0) is 30.2 Å². The number of benzene rings is 1. The minimum atomic E-state index is -0.568. The minimum Gasteiger partial charge on any atom is -0.392 e. The van der Waals surface area contributed by atoms with E-state index in [-0.39, 0.29) is 12.2 Å². The maximum absolute atomic E-state index is 12.1. The van der Waals surface area contributed by atoms with Crippen molar-refractivity contribution < 1.29 is 5.11 Å². The molecule has 0 amide bonds. The maximum atomic E-state index is 12.1. The van der Waals surface area contributed by atoms with Gasteiger partial charge in [0.2, 0.25) is 0 Å². The monoisotopic (exact) mass is 389 g/mol. The molecule has 146 valence electrons. The molecule has 29 heavy (non-hydrogen) atoms. The smallest absolute Gasteiger partial charge is 0.325 e. The number of aromatic amines is 2. The number of aryl methyl sites for hydroxylation is 1. The van der Waals surface area contributed by atoms with Crippen molar-refractivity contribution in [1.82, 2.24) is 24.7 Å². The Hall–Kier alpha value is -3.78. The second kappa shape index (κ2) is 7.69. The van der Waals surface area contributed by atoms with Crippen LogP contribution in [0, 0.1) is 6.92 Å². The van der Waals surface area contributed by atoms with Gasteiger partial charge >= 0.3 is 5.69 Å². The molecule has 4 aromatic rings. The first-order valence-corrected chi connectivity index (χ1v) is 9.05. The van der Waals surface area contributed by atoms with Gasteiger partial charge in [0, 0.05) is 36.3 Å². The van der Waals surface area contributed by atoms with Gasteiger partial charge in [-0.1, -0.05) is 24.3 Å². The number of H-pyrrole nitrogens is 2. The van der Waals surface area contributed by atoms with Gasteiger partial charge < -0.3 is 14.7 Å². The highest BCUT2D eigenvalue weighted by atomic mass is 16.3. The van der Waals surface area contributed by atoms with Crippen molar-refractivity contribution in [2.45, 2.75) is 20.1 Å². The fourth-order valence-corrected chi connectivity index (χ4v) is 3.21. The molecular formula is C21H19N5O3. The van der Waals surface area contributed by atoms with Gasteiger partial charge in [0.1, 0.15) is 5.69 Å². The standard InChI is InChI=1S/C21H19N5O3/c1-13-17(8-19(25-24-13)18-9-22-21(29)23-20(18)28)16-5-6-26(11-16)10-14-3-2-4-15(7-14)12-27/h2-9,11,27H,10,12H2,1H3,(H2,22,23,28,29). The Morgan fingerprint density at radius 2 is 1.90 bits per heavy atom. The Morgan fingerprint density at radius 3 is 2.69 bits per heavy atom. The minimum absolute atomic E-state index is 0.0132. The normalized spacial score (nSPS) is 11.0. The molecule has 0 aliphatic heterocycles. The molecule has 0 saturated heterocycles. The van der Waals surface area contributed by atoms with E-state index in [0.717, 1.165) is 27.9 Å². The summed E-state index contributed by atoms with van der Waals surface area (Å²) >= 11 is 0. The summed E-state index contributed by atoms with van der Waals surface area (Å²) in [4.78, 5) is 28.0. The highest BCUT2D eigenvalue weighted by molar-refractivity contribution is 5.70. The summed E-state index contributed by atoms with van der Waals surface area (Å²) in [5.41, 5.74) is 4.03. The zero-order valence-electron chi connectivity index (χ0n) is 15.7. The molecule has 3 heterocycles. The first-order valence-electron chi connectivity index (χ1n) is 9.05. The molecule has 0 bridgehead atoms. The number of aliphatic hydroxyl groups is 1. The van der Waals surface area contributed by atoms with Gasteiger partial charge in [-0.3, -0.25) is 9.78 Å². The first-order chi connectivity index (χ1) is 14.0. The number of aromatic nitrogens is 5. The Bertz CT molecular complexity index is 1290. The van der Waals surface area contributed by atoms with Crippen LogP contribution in [0.1, 0.15) is 16.8 Å². The lowest BCUT2D eigenvalue weighted by molar-refractivity contribution is 0.281. The van der Waals surface area contributed by atoms with E-state index in [1.54, 1.807) is 6.07 Å². The summed E-state index contributed by atoms with van der Waals surface area (Å²) in [6.07, 6.45) is 5.30. The molecule has 3 N–H and O–H groups in total. The molecule has 0 unspecified atom stereocenters. The summed E-state index contributed by atoms with van der Waals surface area (Å²) in [5, 5.41) is 17.6. The zero-order valence-corrected chi connectivity index (χ0v) is 15.7. The van der Waals surface area contributed by atoms with Crippen LogP contribution < -0.4 is 11.2 Å². The second-order valence-corrected chi connectivity index (χ2v) is 6.76. The molecule has 0 aliphatic rings. The fourth-order valence-electron chi connectivity index (χ4n) is 3.21. The molecule has 0 fully saturated rings. The van der Waals surface area contributed by atoms with Crippen LogP contribution in [0.25, 0.3) is 22.4 Å². The third kappa shape index (κ3) is 3.92. The molecular weight excluding hydrogens is 370 g/mol. The molecule has 3 aromatic heterocycles. The second-order valence-electron chi connectivity index (χ2n) is 6.76. The summed E-state index contributed by atoms with van der Waals surface area (Å²) in [7, 11) is 0. The summed E-state index contributed by atoms with van der Waals surface area (Å²) in [6.45, 7) is 2.53. The van der Waals surface area contributed by atoms with E-state index in [2.05, 4.69) is 20.2 Å². The topological polar surface area (TPSA) is 117 Å². The highest BCUT2D eigenvalue weighted by Gasteiger charge is 2.12. The number of hydrogen-bond acceptors (Lipinski definition) is 5. The molecule has 8 heteroatoms. The van der Waals surface area contributed by atoms with E-state index in [1.807, 2.05) is 54.2 Å². The fraction of sp³-hybridized carbons (Fsp3) is 0.143. The van der Waals surface area contributed by atoms with Gasteiger partial charge in [0.05, 0.1) is 17.9 Å². The molecule has 0 spiro atoms. The molecule has 0 radical (unpaired) electrons. The molecule has 0 atom stereocenters. The van der Waals surface area contributed by atoms with E-state index in [0.29, 0.717) is 12.2 Å². The van der Waals surface area contributed by atoms with Crippen molar-refractivity contribution in [3.05, 3.63) is 92.6 Å². The van der Waals surface area contributed by atoms with Crippen molar-refractivity contribution in [3.63, 3.8) is 0 Å². The summed E-state index contributed by atoms with van der Waals surface area (Å²) < 4.78 is 2.04. The Labute approximate surface area is 165 Å². The van der Waals surface area contributed by atoms with E-state index in [4.69, 9.17) is 0 Å². The van der Waals surface area contributed by atoms with Crippen molar-refractivity contribution >= 4 is 0 Å². The zero-order chi connectivity index (χ0) is 20.4. The van der Waals surface area contributed by atoms with Crippen LogP contribution in [-0.4, -0.2) is 29.8 Å². The van der Waals surface area contributed by atoms with Crippen LogP contribution in [0.15, 0.2) is 64.6 Å². The quantitative estimate of drug-likeness (QED) is 0.482. The van der Waals surface area contributed by atoms with Crippen LogP contribution in [0.5, 0.6) is 0 Å². The lowest BCUT2D eigenvalue weighted by atomic mass is 10.1. The Kier molecular flexibility index (Phi) is 4.92. The largest absolute Gasteiger partial charge is 0.392 e. The number of nitrogens with one attached hydrogen (secondary N) is 2. The SMILES string of the molecule is Cc1nnc(-c2c[nH]c(=O)[nH]c2=O)cc1-c1ccn(Cc2cccc(CO)c2)c1. The van der Waals surface area contributed by atoms with Crippen molar-refractivity contribution in [1.29, 1.82) is 0 Å². The van der Waals surface area contributed by atoms with Crippen LogP contribution in [0.2, 0.25) is 0 Å². The van der Waals surface area contributed by atoms with Gasteiger partial charge in [-0.25, -0.2) is 4.79 Å². The number of rotatable bonds is 5. The third-order valence-corrected chi connectivity index (χ3v) is 4.67. The van der Waals surface area contributed by atoms with Crippen LogP contribution in [0.3, 0.4) is 0 Å². The Morgan fingerprint density at radius 1 is 1.07 bits per heavy atom. The van der Waals surface area contributed by atoms with Crippen LogP contribution >= 0.6 is 0 Å². The molecule has 8 nitrogen and oxygen atoms in total. The Balaban J connectivity index is 1.67. The molecule has 4 rings (SSSR count). The predicted octanol–water partition coefficient (Wildman–Crippen LogP) is 1.84. The number of nitrogens with zero attached hydrogens (tertiary/aromatic N) is 3. The number of aliphatic hydroxyl groups excluding tert-OH is 1. The van der Waals surface area contributed by atoms with Crippen molar-refractivity contribution in [2.24, 2.45) is 0 Å². The lowest BCUT2D eigenvalue weighted by Crippen LogP contribution is -2.22. The number of hydrogen-bond donors (Lipinski definition) is 3. The molecule has 0 saturated carbocycles. The van der Waals surface area contributed by atoms with Gasteiger partial charge in [0.15, 0.2) is 0 Å². The molecule has 1 aromatic carbocycles. The van der Waals surface area contributed by atoms with Gasteiger partial charge in [-0.2, -0.15) is 5.10 Å². The van der Waals surface area contributed by atoms with Crippen LogP contribution in [-0.2, 0) is 13.2 Å². The van der Waals surface area contributed by atoms with E-state index >= 15 is 0 Å². The lowest BCUT2D eigenvalue weighted by Gasteiger charge is -2.07. The van der Waals surface area contributed by atoms with Crippen molar-refractivity contribution in [2.75, 3.05) is 0 Å². The van der Waals surface area contributed by atoms with Gasteiger partial charge in [0.25, 0.3) is 5.56 Å². The van der Waals surface area contributed by atoms with Gasteiger partial charge in [-0.15, -0.1) is 5.10 Å². The van der Waals surface area contributed by atoms with E-state index in [9.17, 15) is 14.7 Å².